The van der Waals surface area contributed by atoms with Crippen LogP contribution in [0.5, 0.6) is 23.0 Å². The molecule has 10 nitrogen and oxygen atoms in total. The number of likely N-dealkylation sites (N-methyl/N-ethyl adjacent to an activating group) is 1. The normalized spacial score (nSPS) is 17.3. The number of hydrogen-bond acceptors (Lipinski definition) is 10. The van der Waals surface area contributed by atoms with Gasteiger partial charge in [-0.2, -0.15) is 0 Å². The molecular weight excluding hydrogens is 410 g/mol. The van der Waals surface area contributed by atoms with Gasteiger partial charge in [-0.15, -0.1) is 0 Å². The van der Waals surface area contributed by atoms with Gasteiger partial charge in [-0.05, 0) is 25.3 Å². The van der Waals surface area contributed by atoms with E-state index in [9.17, 15) is 35.1 Å². The van der Waals surface area contributed by atoms with Crippen LogP contribution in [0.25, 0.3) is 0 Å². The molecule has 1 aliphatic carbocycles. The van der Waals surface area contributed by atoms with Crippen LogP contribution >= 0.6 is 0 Å². The SMILES string of the molecule is CNC1C(O)=CCOc2cc3c(c(O)c21)C(=O)c1c(cc(OC)c(O)c1C(O)O)C3=O. The molecule has 0 aromatic heterocycles. The van der Waals surface area contributed by atoms with Crippen molar-refractivity contribution in [3.05, 3.63) is 57.3 Å². The largest absolute Gasteiger partial charge is 0.510 e. The summed E-state index contributed by atoms with van der Waals surface area (Å²) in [5.41, 5.74) is -1.83. The number of methoxy groups -OCH3 is 1. The lowest BCUT2D eigenvalue weighted by molar-refractivity contribution is -0.0445. The fraction of sp³-hybridized carbons (Fsp3) is 0.238. The molecule has 162 valence electrons. The van der Waals surface area contributed by atoms with E-state index in [1.54, 1.807) is 0 Å². The molecular formula is C21H19NO9. The number of phenols is 2. The van der Waals surface area contributed by atoms with Crippen molar-refractivity contribution in [2.45, 2.75) is 12.3 Å². The van der Waals surface area contributed by atoms with E-state index in [-0.39, 0.29) is 40.6 Å². The lowest BCUT2D eigenvalue weighted by Crippen LogP contribution is -2.26. The zero-order valence-corrected chi connectivity index (χ0v) is 16.5. The van der Waals surface area contributed by atoms with Crippen molar-refractivity contribution in [3.63, 3.8) is 0 Å². The van der Waals surface area contributed by atoms with Crippen molar-refractivity contribution in [3.8, 4) is 23.0 Å². The molecule has 1 aliphatic heterocycles. The van der Waals surface area contributed by atoms with E-state index in [1.165, 1.54) is 26.3 Å². The van der Waals surface area contributed by atoms with Crippen molar-refractivity contribution < 1.29 is 44.6 Å². The highest BCUT2D eigenvalue weighted by Gasteiger charge is 2.41. The third-order valence-electron chi connectivity index (χ3n) is 5.43. The average Bonchev–Trinajstić information content (AvgIpc) is 2.89. The molecule has 2 aromatic rings. The van der Waals surface area contributed by atoms with Gasteiger partial charge in [-0.3, -0.25) is 9.59 Å². The van der Waals surface area contributed by atoms with E-state index < -0.39 is 52.1 Å². The number of fused-ring (bicyclic) bond motifs is 3. The number of aliphatic hydroxyl groups is 3. The van der Waals surface area contributed by atoms with Crippen LogP contribution < -0.4 is 14.8 Å². The highest BCUT2D eigenvalue weighted by molar-refractivity contribution is 6.30. The first kappa shape index (κ1) is 20.7. The van der Waals surface area contributed by atoms with Gasteiger partial charge in [-0.1, -0.05) is 0 Å². The predicted molar refractivity (Wildman–Crippen MR) is 105 cm³/mol. The molecule has 0 saturated heterocycles. The second-order valence-electron chi connectivity index (χ2n) is 7.02. The Labute approximate surface area is 175 Å². The molecule has 0 radical (unpaired) electrons. The summed E-state index contributed by atoms with van der Waals surface area (Å²) in [7, 11) is 2.73. The molecule has 1 atom stereocenters. The smallest absolute Gasteiger partial charge is 0.198 e. The van der Waals surface area contributed by atoms with E-state index in [0.717, 1.165) is 6.07 Å². The van der Waals surface area contributed by atoms with E-state index in [4.69, 9.17) is 9.47 Å². The third kappa shape index (κ3) is 2.84. The number of ether oxygens (including phenoxy) is 2. The van der Waals surface area contributed by atoms with Crippen LogP contribution in [0.1, 0.15) is 55.3 Å². The standard InChI is InChI=1S/C21H19NO9/c1-22-16-9(23)3-4-31-10-5-8-13(20(27)14(10)16)19(26)12-7(17(8)24)6-11(30-2)18(25)15(12)21(28)29/h3,5-6,16,21-23,25,27-29H,4H2,1-2H3. The first-order valence-corrected chi connectivity index (χ1v) is 9.21. The summed E-state index contributed by atoms with van der Waals surface area (Å²) < 4.78 is 10.5. The lowest BCUT2D eigenvalue weighted by atomic mass is 9.79. The Bertz CT molecular complexity index is 1170. The molecule has 0 bridgehead atoms. The van der Waals surface area contributed by atoms with Crippen molar-refractivity contribution in [2.24, 2.45) is 0 Å². The summed E-state index contributed by atoms with van der Waals surface area (Å²) in [6, 6.07) is 1.49. The van der Waals surface area contributed by atoms with Crippen LogP contribution in [-0.4, -0.2) is 57.9 Å². The van der Waals surface area contributed by atoms with Gasteiger partial charge in [0.05, 0.1) is 29.8 Å². The Balaban J connectivity index is 2.05. The molecule has 0 saturated carbocycles. The third-order valence-corrected chi connectivity index (χ3v) is 5.43. The lowest BCUT2D eigenvalue weighted by Gasteiger charge is -2.26. The number of aliphatic hydroxyl groups excluding tert-OH is 2. The van der Waals surface area contributed by atoms with Crippen LogP contribution in [0.3, 0.4) is 0 Å². The number of nitrogens with one attached hydrogen (secondary N) is 1. The molecule has 0 fully saturated rings. The van der Waals surface area contributed by atoms with Gasteiger partial charge in [-0.25, -0.2) is 0 Å². The van der Waals surface area contributed by atoms with Gasteiger partial charge in [0.2, 0.25) is 0 Å². The molecule has 31 heavy (non-hydrogen) atoms. The summed E-state index contributed by atoms with van der Waals surface area (Å²) in [5, 5.41) is 54.0. The first-order chi connectivity index (χ1) is 14.7. The quantitative estimate of drug-likeness (QED) is 0.330. The van der Waals surface area contributed by atoms with Crippen LogP contribution in [0, 0.1) is 0 Å². The first-order valence-electron chi connectivity index (χ1n) is 9.21. The summed E-state index contributed by atoms with van der Waals surface area (Å²) >= 11 is 0. The minimum atomic E-state index is -2.30. The second kappa shape index (κ2) is 7.27. The van der Waals surface area contributed by atoms with Crippen LogP contribution in [-0.2, 0) is 0 Å². The van der Waals surface area contributed by atoms with Gasteiger partial charge < -0.3 is 40.3 Å². The molecule has 4 rings (SSSR count). The molecule has 10 heteroatoms. The van der Waals surface area contributed by atoms with Crippen molar-refractivity contribution in [1.82, 2.24) is 5.32 Å². The monoisotopic (exact) mass is 429 g/mol. The summed E-state index contributed by atoms with van der Waals surface area (Å²) in [4.78, 5) is 26.6. The molecule has 2 aliphatic rings. The summed E-state index contributed by atoms with van der Waals surface area (Å²) in [5.74, 6) is -3.24. The highest BCUT2D eigenvalue weighted by atomic mass is 16.5. The van der Waals surface area contributed by atoms with Crippen LogP contribution in [0.15, 0.2) is 24.0 Å². The summed E-state index contributed by atoms with van der Waals surface area (Å²) in [6.45, 7) is -0.0312. The van der Waals surface area contributed by atoms with Gasteiger partial charge in [0.25, 0.3) is 0 Å². The fourth-order valence-corrected chi connectivity index (χ4v) is 4.01. The van der Waals surface area contributed by atoms with E-state index in [0.29, 0.717) is 0 Å². The topological polar surface area (TPSA) is 166 Å². The molecule has 0 amide bonds. The van der Waals surface area contributed by atoms with E-state index in [1.807, 2.05) is 0 Å². The number of carbonyl (C=O) groups is 2. The van der Waals surface area contributed by atoms with Crippen LogP contribution in [0.4, 0.5) is 0 Å². The number of benzene rings is 2. The van der Waals surface area contributed by atoms with Crippen molar-refractivity contribution in [1.29, 1.82) is 0 Å². The molecule has 2 aromatic carbocycles. The second-order valence-corrected chi connectivity index (χ2v) is 7.02. The Morgan fingerprint density at radius 1 is 1.06 bits per heavy atom. The number of rotatable bonds is 3. The number of carbonyl (C=O) groups excluding carboxylic acids is 2. The molecule has 6 N–H and O–H groups in total. The van der Waals surface area contributed by atoms with E-state index in [2.05, 4.69) is 5.32 Å². The van der Waals surface area contributed by atoms with Crippen molar-refractivity contribution in [2.75, 3.05) is 20.8 Å². The van der Waals surface area contributed by atoms with E-state index >= 15 is 0 Å². The number of phenolic OH excluding ortho intramolecular Hbond substituents is 2. The Kier molecular flexibility index (Phi) is 4.85. The number of hydrogen-bond donors (Lipinski definition) is 6. The Hall–Kier alpha value is -3.60. The van der Waals surface area contributed by atoms with Gasteiger partial charge in [0.1, 0.15) is 23.9 Å². The predicted octanol–water partition coefficient (Wildman–Crippen LogP) is 0.960. The maximum absolute atomic E-state index is 13.4. The zero-order chi connectivity index (χ0) is 22.6. The number of ketones is 2. The minimum absolute atomic E-state index is 0.0312. The Morgan fingerprint density at radius 2 is 1.74 bits per heavy atom. The maximum atomic E-state index is 13.4. The average molecular weight is 429 g/mol. The fourth-order valence-electron chi connectivity index (χ4n) is 4.01. The van der Waals surface area contributed by atoms with Gasteiger partial charge in [0.15, 0.2) is 29.4 Å². The molecule has 1 heterocycles. The zero-order valence-electron chi connectivity index (χ0n) is 16.5. The summed E-state index contributed by atoms with van der Waals surface area (Å²) in [6.07, 6.45) is -0.924. The van der Waals surface area contributed by atoms with Crippen molar-refractivity contribution >= 4 is 11.6 Å². The van der Waals surface area contributed by atoms with Gasteiger partial charge >= 0.3 is 0 Å². The molecule has 1 unspecified atom stereocenters. The number of aromatic hydroxyl groups is 2. The Morgan fingerprint density at radius 3 is 2.35 bits per heavy atom. The highest BCUT2D eigenvalue weighted by Crippen LogP contribution is 2.48. The van der Waals surface area contributed by atoms with Crippen LogP contribution in [0.2, 0.25) is 0 Å². The maximum Gasteiger partial charge on any atom is 0.198 e. The van der Waals surface area contributed by atoms with Gasteiger partial charge in [0, 0.05) is 16.7 Å². The molecule has 0 spiro atoms. The minimum Gasteiger partial charge on any atom is -0.510 e.